The number of nitrogens with one attached hydrogen (secondary N) is 2. The number of amides is 1. The van der Waals surface area contributed by atoms with Crippen LogP contribution in [0.2, 0.25) is 0 Å². The highest BCUT2D eigenvalue weighted by atomic mass is 16.3. The molecule has 0 saturated carbocycles. The summed E-state index contributed by atoms with van der Waals surface area (Å²) in [6.07, 6.45) is 1.61. The summed E-state index contributed by atoms with van der Waals surface area (Å²) in [4.78, 5) is 11.3. The van der Waals surface area contributed by atoms with Gasteiger partial charge >= 0.3 is 0 Å². The van der Waals surface area contributed by atoms with Crippen molar-refractivity contribution < 1.29 is 9.90 Å². The molecular formula is C11H24N2O2. The van der Waals surface area contributed by atoms with Crippen molar-refractivity contribution in [3.63, 3.8) is 0 Å². The number of carbonyl (C=O) groups excluding carboxylic acids is 1. The largest absolute Gasteiger partial charge is 0.388 e. The first kappa shape index (κ1) is 14.4. The summed E-state index contributed by atoms with van der Waals surface area (Å²) in [6, 6.07) is 0.298. The minimum Gasteiger partial charge on any atom is -0.388 e. The van der Waals surface area contributed by atoms with Crippen LogP contribution < -0.4 is 10.6 Å². The van der Waals surface area contributed by atoms with Crippen LogP contribution in [0.3, 0.4) is 0 Å². The molecule has 0 radical (unpaired) electrons. The predicted octanol–water partition coefficient (Wildman–Crippen LogP) is 0.652. The van der Waals surface area contributed by atoms with Crippen LogP contribution in [-0.4, -0.2) is 35.7 Å². The first-order valence-corrected chi connectivity index (χ1v) is 5.60. The second-order valence-electron chi connectivity index (χ2n) is 4.56. The number of aliphatic hydroxyl groups is 1. The molecule has 0 aliphatic rings. The van der Waals surface area contributed by atoms with Crippen LogP contribution in [0.15, 0.2) is 0 Å². The van der Waals surface area contributed by atoms with Crippen molar-refractivity contribution >= 4 is 5.91 Å². The third kappa shape index (κ3) is 8.39. The molecule has 0 bridgehead atoms. The van der Waals surface area contributed by atoms with Gasteiger partial charge in [0.15, 0.2) is 0 Å². The number of hydrogen-bond acceptors (Lipinski definition) is 3. The second kappa shape index (κ2) is 6.80. The molecule has 0 heterocycles. The summed E-state index contributed by atoms with van der Waals surface area (Å²) in [7, 11) is 0. The molecule has 1 atom stereocenters. The Bertz CT molecular complexity index is 191. The van der Waals surface area contributed by atoms with Crippen LogP contribution >= 0.6 is 0 Å². The fourth-order valence-electron chi connectivity index (χ4n) is 1.28. The van der Waals surface area contributed by atoms with Crippen molar-refractivity contribution in [3.8, 4) is 0 Å². The van der Waals surface area contributed by atoms with Crippen molar-refractivity contribution in [1.82, 2.24) is 10.6 Å². The van der Waals surface area contributed by atoms with Crippen molar-refractivity contribution in [1.29, 1.82) is 0 Å². The minimum absolute atomic E-state index is 0.0694. The van der Waals surface area contributed by atoms with E-state index in [2.05, 4.69) is 10.6 Å². The number of rotatable bonds is 7. The molecular weight excluding hydrogens is 192 g/mol. The fraction of sp³-hybridized carbons (Fsp3) is 0.909. The van der Waals surface area contributed by atoms with Gasteiger partial charge in [0.1, 0.15) is 0 Å². The zero-order valence-electron chi connectivity index (χ0n) is 10.3. The molecule has 1 amide bonds. The lowest BCUT2D eigenvalue weighted by Crippen LogP contribution is -2.44. The van der Waals surface area contributed by atoms with Crippen molar-refractivity contribution in [2.24, 2.45) is 0 Å². The number of hydrogen-bond donors (Lipinski definition) is 3. The highest BCUT2D eigenvalue weighted by Crippen LogP contribution is 2.09. The van der Waals surface area contributed by atoms with E-state index in [4.69, 9.17) is 0 Å². The quantitative estimate of drug-likeness (QED) is 0.585. The Morgan fingerprint density at radius 1 is 1.47 bits per heavy atom. The van der Waals surface area contributed by atoms with Gasteiger partial charge < -0.3 is 15.7 Å². The molecule has 15 heavy (non-hydrogen) atoms. The van der Waals surface area contributed by atoms with E-state index in [-0.39, 0.29) is 5.91 Å². The summed E-state index contributed by atoms with van der Waals surface area (Å²) in [6.45, 7) is 8.35. The molecule has 1 unspecified atom stereocenters. The Balaban J connectivity index is 3.70. The molecule has 0 aromatic heterocycles. The van der Waals surface area contributed by atoms with Crippen molar-refractivity contribution in [3.05, 3.63) is 0 Å². The number of carbonyl (C=O) groups is 1. The molecule has 4 heteroatoms. The van der Waals surface area contributed by atoms with E-state index < -0.39 is 5.60 Å². The van der Waals surface area contributed by atoms with Crippen LogP contribution in [0.4, 0.5) is 0 Å². The molecule has 3 N–H and O–H groups in total. The van der Waals surface area contributed by atoms with Crippen molar-refractivity contribution in [2.45, 2.75) is 52.2 Å². The average Bonchev–Trinajstić information content (AvgIpc) is 2.11. The van der Waals surface area contributed by atoms with Gasteiger partial charge in [-0.1, -0.05) is 27.2 Å². The first-order chi connectivity index (χ1) is 6.87. The maximum Gasteiger partial charge on any atom is 0.234 e. The lowest BCUT2D eigenvalue weighted by Gasteiger charge is -2.23. The maximum atomic E-state index is 11.3. The third-order valence-corrected chi connectivity index (χ3v) is 2.13. The molecule has 0 fully saturated rings. The molecule has 4 nitrogen and oxygen atoms in total. The summed E-state index contributed by atoms with van der Waals surface area (Å²) < 4.78 is 0. The zero-order valence-corrected chi connectivity index (χ0v) is 10.3. The zero-order chi connectivity index (χ0) is 11.9. The highest BCUT2D eigenvalue weighted by Gasteiger charge is 2.19. The molecule has 90 valence electrons. The van der Waals surface area contributed by atoms with E-state index in [1.807, 2.05) is 20.8 Å². The van der Waals surface area contributed by atoms with Gasteiger partial charge in [-0.25, -0.2) is 0 Å². The van der Waals surface area contributed by atoms with Gasteiger partial charge in [0, 0.05) is 12.6 Å². The van der Waals surface area contributed by atoms with Crippen LogP contribution in [0.1, 0.15) is 40.5 Å². The van der Waals surface area contributed by atoms with Crippen LogP contribution in [0.25, 0.3) is 0 Å². The Labute approximate surface area is 92.4 Å². The van der Waals surface area contributed by atoms with Gasteiger partial charge in [0.2, 0.25) is 5.91 Å². The normalized spacial score (nSPS) is 15.1. The van der Waals surface area contributed by atoms with E-state index in [1.54, 1.807) is 6.92 Å². The SMILES string of the molecule is CCCC(C)(O)CNC(=O)CNC(C)C. The Hall–Kier alpha value is -0.610. The summed E-state index contributed by atoms with van der Waals surface area (Å²) in [5.74, 6) is -0.0694. The van der Waals surface area contributed by atoms with Gasteiger partial charge in [-0.15, -0.1) is 0 Å². The standard InChI is InChI=1S/C11H24N2O2/c1-5-6-11(4,15)8-13-10(14)7-12-9(2)3/h9,12,15H,5-8H2,1-4H3,(H,13,14). The average molecular weight is 216 g/mol. The molecule has 0 aliphatic carbocycles. The monoisotopic (exact) mass is 216 g/mol. The van der Waals surface area contributed by atoms with E-state index in [0.717, 1.165) is 6.42 Å². The van der Waals surface area contributed by atoms with Crippen LogP contribution in [0, 0.1) is 0 Å². The van der Waals surface area contributed by atoms with E-state index in [0.29, 0.717) is 25.6 Å². The van der Waals surface area contributed by atoms with Gasteiger partial charge in [0.05, 0.1) is 12.1 Å². The molecule has 0 aromatic carbocycles. The first-order valence-electron chi connectivity index (χ1n) is 5.60. The molecule has 0 spiro atoms. The topological polar surface area (TPSA) is 61.4 Å². The molecule has 0 aliphatic heterocycles. The van der Waals surface area contributed by atoms with E-state index >= 15 is 0 Å². The van der Waals surface area contributed by atoms with Gasteiger partial charge in [-0.3, -0.25) is 4.79 Å². The van der Waals surface area contributed by atoms with Gasteiger partial charge in [-0.05, 0) is 13.3 Å². The van der Waals surface area contributed by atoms with E-state index in [9.17, 15) is 9.90 Å². The Morgan fingerprint density at radius 3 is 2.53 bits per heavy atom. The summed E-state index contributed by atoms with van der Waals surface area (Å²) >= 11 is 0. The van der Waals surface area contributed by atoms with Crippen LogP contribution in [-0.2, 0) is 4.79 Å². The van der Waals surface area contributed by atoms with Gasteiger partial charge in [-0.2, -0.15) is 0 Å². The third-order valence-electron chi connectivity index (χ3n) is 2.13. The molecule has 0 saturated heterocycles. The minimum atomic E-state index is -0.789. The summed E-state index contributed by atoms with van der Waals surface area (Å²) in [5.41, 5.74) is -0.789. The highest BCUT2D eigenvalue weighted by molar-refractivity contribution is 5.78. The Kier molecular flexibility index (Phi) is 6.52. The van der Waals surface area contributed by atoms with Gasteiger partial charge in [0.25, 0.3) is 0 Å². The Morgan fingerprint density at radius 2 is 2.07 bits per heavy atom. The fourth-order valence-corrected chi connectivity index (χ4v) is 1.28. The maximum absolute atomic E-state index is 11.3. The molecule has 0 aromatic rings. The smallest absolute Gasteiger partial charge is 0.234 e. The summed E-state index contributed by atoms with van der Waals surface area (Å²) in [5, 5.41) is 15.5. The second-order valence-corrected chi connectivity index (χ2v) is 4.56. The molecule has 0 rings (SSSR count). The lowest BCUT2D eigenvalue weighted by atomic mass is 10.0. The van der Waals surface area contributed by atoms with Crippen LogP contribution in [0.5, 0.6) is 0 Å². The predicted molar refractivity (Wildman–Crippen MR) is 61.7 cm³/mol. The van der Waals surface area contributed by atoms with Crippen molar-refractivity contribution in [2.75, 3.05) is 13.1 Å². The van der Waals surface area contributed by atoms with E-state index in [1.165, 1.54) is 0 Å². The lowest BCUT2D eigenvalue weighted by molar-refractivity contribution is -0.121.